The monoisotopic (exact) mass is 249 g/mol. The Kier molecular flexibility index (Phi) is 3.06. The van der Waals surface area contributed by atoms with E-state index in [1.807, 2.05) is 0 Å². The van der Waals surface area contributed by atoms with Gasteiger partial charge in [-0.3, -0.25) is 9.59 Å². The fraction of sp³-hybridized carbons (Fsp3) is 0.0769. The molecule has 0 aliphatic heterocycles. The SMILES string of the molecule is Cc1c[nH]c(=O)c(C(=O)c2cc(F)cc(F)c2)c1. The van der Waals surface area contributed by atoms with Crippen LogP contribution < -0.4 is 5.56 Å². The second-order valence-corrected chi connectivity index (χ2v) is 3.91. The molecule has 0 saturated heterocycles. The summed E-state index contributed by atoms with van der Waals surface area (Å²) < 4.78 is 26.0. The van der Waals surface area contributed by atoms with Crippen LogP contribution in [-0.4, -0.2) is 10.8 Å². The number of carbonyl (C=O) groups is 1. The lowest BCUT2D eigenvalue weighted by Gasteiger charge is -2.02. The zero-order valence-corrected chi connectivity index (χ0v) is 9.46. The van der Waals surface area contributed by atoms with E-state index in [9.17, 15) is 18.4 Å². The fourth-order valence-electron chi connectivity index (χ4n) is 1.60. The number of hydrogen-bond acceptors (Lipinski definition) is 2. The predicted molar refractivity (Wildman–Crippen MR) is 61.6 cm³/mol. The van der Waals surface area contributed by atoms with E-state index in [0.29, 0.717) is 11.6 Å². The van der Waals surface area contributed by atoms with Crippen LogP contribution in [0.2, 0.25) is 0 Å². The van der Waals surface area contributed by atoms with E-state index in [2.05, 4.69) is 4.98 Å². The Balaban J connectivity index is 2.54. The van der Waals surface area contributed by atoms with Gasteiger partial charge in [0.25, 0.3) is 5.56 Å². The number of aromatic amines is 1. The lowest BCUT2D eigenvalue weighted by molar-refractivity contribution is 0.103. The molecule has 0 aliphatic rings. The highest BCUT2D eigenvalue weighted by molar-refractivity contribution is 6.08. The number of halogens is 2. The highest BCUT2D eigenvalue weighted by atomic mass is 19.1. The molecule has 2 aromatic rings. The summed E-state index contributed by atoms with van der Waals surface area (Å²) in [5, 5.41) is 0. The van der Waals surface area contributed by atoms with E-state index < -0.39 is 23.0 Å². The molecule has 1 aromatic heterocycles. The number of pyridine rings is 1. The first kappa shape index (κ1) is 12.2. The van der Waals surface area contributed by atoms with Crippen LogP contribution in [0.3, 0.4) is 0 Å². The second kappa shape index (κ2) is 4.52. The third kappa shape index (κ3) is 2.34. The molecule has 3 nitrogen and oxygen atoms in total. The number of benzene rings is 1. The van der Waals surface area contributed by atoms with Crippen LogP contribution in [0.25, 0.3) is 0 Å². The minimum atomic E-state index is -0.859. The van der Waals surface area contributed by atoms with Crippen molar-refractivity contribution in [1.29, 1.82) is 0 Å². The largest absolute Gasteiger partial charge is 0.328 e. The molecule has 5 heteroatoms. The lowest BCUT2D eigenvalue weighted by Crippen LogP contribution is -2.18. The molecule has 0 radical (unpaired) electrons. The summed E-state index contributed by atoms with van der Waals surface area (Å²) in [6, 6.07) is 3.83. The van der Waals surface area contributed by atoms with E-state index in [0.717, 1.165) is 12.1 Å². The van der Waals surface area contributed by atoms with Crippen LogP contribution in [-0.2, 0) is 0 Å². The molecule has 0 atom stereocenters. The fourth-order valence-corrected chi connectivity index (χ4v) is 1.60. The van der Waals surface area contributed by atoms with E-state index >= 15 is 0 Å². The Morgan fingerprint density at radius 3 is 2.33 bits per heavy atom. The van der Waals surface area contributed by atoms with Crippen molar-refractivity contribution in [2.24, 2.45) is 0 Å². The van der Waals surface area contributed by atoms with Crippen LogP contribution in [0, 0.1) is 18.6 Å². The lowest BCUT2D eigenvalue weighted by atomic mass is 10.0. The number of rotatable bonds is 2. The third-order valence-electron chi connectivity index (χ3n) is 2.42. The number of aryl methyl sites for hydroxylation is 1. The first-order valence-electron chi connectivity index (χ1n) is 5.17. The average Bonchev–Trinajstić information content (AvgIpc) is 2.30. The van der Waals surface area contributed by atoms with Gasteiger partial charge in [0.15, 0.2) is 5.78 Å². The molecule has 0 spiro atoms. The van der Waals surface area contributed by atoms with Gasteiger partial charge in [-0.05, 0) is 30.7 Å². The van der Waals surface area contributed by atoms with E-state index in [1.165, 1.54) is 12.3 Å². The first-order valence-corrected chi connectivity index (χ1v) is 5.17. The highest BCUT2D eigenvalue weighted by Crippen LogP contribution is 2.12. The molecule has 18 heavy (non-hydrogen) atoms. The Labute approximate surface area is 101 Å². The number of nitrogens with one attached hydrogen (secondary N) is 1. The molecular formula is C13H9F2NO2. The number of ketones is 1. The molecule has 0 amide bonds. The van der Waals surface area contributed by atoms with Crippen LogP contribution in [0.5, 0.6) is 0 Å². The Morgan fingerprint density at radius 2 is 1.72 bits per heavy atom. The highest BCUT2D eigenvalue weighted by Gasteiger charge is 2.15. The number of aromatic nitrogens is 1. The summed E-state index contributed by atoms with van der Waals surface area (Å²) in [6.07, 6.45) is 1.45. The molecule has 0 bridgehead atoms. The van der Waals surface area contributed by atoms with Crippen molar-refractivity contribution in [3.8, 4) is 0 Å². The van der Waals surface area contributed by atoms with Crippen molar-refractivity contribution in [3.63, 3.8) is 0 Å². The first-order chi connectivity index (χ1) is 8.47. The van der Waals surface area contributed by atoms with Gasteiger partial charge < -0.3 is 4.98 Å². The molecule has 1 N–H and O–H groups in total. The normalized spacial score (nSPS) is 10.4. The average molecular weight is 249 g/mol. The number of H-pyrrole nitrogens is 1. The maximum atomic E-state index is 13.0. The number of carbonyl (C=O) groups excluding carboxylic acids is 1. The molecular weight excluding hydrogens is 240 g/mol. The zero-order valence-electron chi connectivity index (χ0n) is 9.46. The van der Waals surface area contributed by atoms with Crippen LogP contribution in [0.4, 0.5) is 8.78 Å². The van der Waals surface area contributed by atoms with Crippen molar-refractivity contribution < 1.29 is 13.6 Å². The van der Waals surface area contributed by atoms with Crippen molar-refractivity contribution in [1.82, 2.24) is 4.98 Å². The Bertz CT molecular complexity index is 657. The van der Waals surface area contributed by atoms with Crippen LogP contribution >= 0.6 is 0 Å². The summed E-state index contributed by atoms with van der Waals surface area (Å²) in [5.41, 5.74) is -0.242. The summed E-state index contributed by atoms with van der Waals surface area (Å²) in [7, 11) is 0. The van der Waals surface area contributed by atoms with Gasteiger partial charge in [-0.2, -0.15) is 0 Å². The molecule has 0 saturated carbocycles. The van der Waals surface area contributed by atoms with Crippen molar-refractivity contribution in [2.45, 2.75) is 6.92 Å². The van der Waals surface area contributed by atoms with Crippen LogP contribution in [0.1, 0.15) is 21.5 Å². The van der Waals surface area contributed by atoms with Gasteiger partial charge in [0, 0.05) is 17.8 Å². The molecule has 92 valence electrons. The van der Waals surface area contributed by atoms with Gasteiger partial charge in [-0.15, -0.1) is 0 Å². The van der Waals surface area contributed by atoms with E-state index in [-0.39, 0.29) is 11.1 Å². The maximum absolute atomic E-state index is 13.0. The molecule has 0 fully saturated rings. The van der Waals surface area contributed by atoms with Crippen molar-refractivity contribution >= 4 is 5.78 Å². The van der Waals surface area contributed by atoms with Gasteiger partial charge in [0.05, 0.1) is 5.56 Å². The Morgan fingerprint density at radius 1 is 1.11 bits per heavy atom. The molecule has 0 unspecified atom stereocenters. The van der Waals surface area contributed by atoms with E-state index in [4.69, 9.17) is 0 Å². The predicted octanol–water partition coefficient (Wildman–Crippen LogP) is 2.19. The van der Waals surface area contributed by atoms with Gasteiger partial charge in [0.1, 0.15) is 11.6 Å². The standard InChI is InChI=1S/C13H9F2NO2/c1-7-2-11(13(18)16-6-7)12(17)8-3-9(14)5-10(15)4-8/h2-6H,1H3,(H,16,18). The maximum Gasteiger partial charge on any atom is 0.259 e. The minimum Gasteiger partial charge on any atom is -0.328 e. The topological polar surface area (TPSA) is 49.9 Å². The Hall–Kier alpha value is -2.30. The molecule has 0 aliphatic carbocycles. The van der Waals surface area contributed by atoms with Gasteiger partial charge in [-0.25, -0.2) is 8.78 Å². The third-order valence-corrected chi connectivity index (χ3v) is 2.42. The van der Waals surface area contributed by atoms with Gasteiger partial charge in [0.2, 0.25) is 0 Å². The molecule has 1 heterocycles. The molecule has 2 rings (SSSR count). The summed E-state index contributed by atoms with van der Waals surface area (Å²) >= 11 is 0. The summed E-state index contributed by atoms with van der Waals surface area (Å²) in [4.78, 5) is 25.8. The number of hydrogen-bond donors (Lipinski definition) is 1. The smallest absolute Gasteiger partial charge is 0.259 e. The van der Waals surface area contributed by atoms with Crippen molar-refractivity contribution in [2.75, 3.05) is 0 Å². The summed E-state index contributed by atoms with van der Waals surface area (Å²) in [6.45, 7) is 1.69. The van der Waals surface area contributed by atoms with Crippen LogP contribution in [0.15, 0.2) is 35.3 Å². The quantitative estimate of drug-likeness (QED) is 0.829. The van der Waals surface area contributed by atoms with Crippen molar-refractivity contribution in [3.05, 3.63) is 69.1 Å². The zero-order chi connectivity index (χ0) is 13.3. The summed E-state index contributed by atoms with van der Waals surface area (Å²) in [5.74, 6) is -2.43. The minimum absolute atomic E-state index is 0.139. The van der Waals surface area contributed by atoms with Gasteiger partial charge in [-0.1, -0.05) is 0 Å². The van der Waals surface area contributed by atoms with E-state index in [1.54, 1.807) is 6.92 Å². The molecule has 1 aromatic carbocycles. The van der Waals surface area contributed by atoms with Gasteiger partial charge >= 0.3 is 0 Å². The second-order valence-electron chi connectivity index (χ2n) is 3.91.